The van der Waals surface area contributed by atoms with Crippen molar-refractivity contribution in [2.75, 3.05) is 5.32 Å². The molecule has 5 nitrogen and oxygen atoms in total. The number of amides is 1. The fourth-order valence-corrected chi connectivity index (χ4v) is 1.63. The van der Waals surface area contributed by atoms with Crippen molar-refractivity contribution in [3.05, 3.63) is 28.7 Å². The van der Waals surface area contributed by atoms with Gasteiger partial charge in [0.05, 0.1) is 0 Å². The molecule has 0 heterocycles. The molecule has 0 spiro atoms. The molecule has 0 aliphatic rings. The van der Waals surface area contributed by atoms with E-state index in [0.717, 1.165) is 4.47 Å². The molecule has 0 radical (unpaired) electrons. The second-order valence-corrected chi connectivity index (χ2v) is 5.05. The number of amidine groups is 1. The van der Waals surface area contributed by atoms with Crippen LogP contribution >= 0.6 is 15.9 Å². The van der Waals surface area contributed by atoms with E-state index >= 15 is 0 Å². The average Bonchev–Trinajstić information content (AvgIpc) is 2.39. The van der Waals surface area contributed by atoms with Crippen molar-refractivity contribution in [2.45, 2.75) is 20.3 Å². The molecule has 0 aliphatic carbocycles. The van der Waals surface area contributed by atoms with Crippen molar-refractivity contribution in [3.8, 4) is 0 Å². The summed E-state index contributed by atoms with van der Waals surface area (Å²) in [7, 11) is 0. The van der Waals surface area contributed by atoms with Crippen LogP contribution in [0.3, 0.4) is 0 Å². The van der Waals surface area contributed by atoms with Crippen molar-refractivity contribution in [1.82, 2.24) is 0 Å². The highest BCUT2D eigenvalue weighted by Crippen LogP contribution is 2.24. The van der Waals surface area contributed by atoms with Gasteiger partial charge in [0.2, 0.25) is 5.91 Å². The molecule has 1 unspecified atom stereocenters. The Kier molecular flexibility index (Phi) is 4.72. The fourth-order valence-electron chi connectivity index (χ4n) is 1.37. The fraction of sp³-hybridized carbons (Fsp3) is 0.333. The molecule has 18 heavy (non-hydrogen) atoms. The van der Waals surface area contributed by atoms with Crippen molar-refractivity contribution in [1.29, 1.82) is 0 Å². The van der Waals surface area contributed by atoms with Crippen LogP contribution < -0.4 is 11.1 Å². The van der Waals surface area contributed by atoms with Gasteiger partial charge < -0.3 is 16.3 Å². The molecule has 1 aromatic rings. The molecule has 0 bridgehead atoms. The van der Waals surface area contributed by atoms with Crippen LogP contribution in [0.5, 0.6) is 0 Å². The number of nitrogens with one attached hydrogen (secondary N) is 1. The summed E-state index contributed by atoms with van der Waals surface area (Å²) < 4.78 is 0.926. The number of nitrogens with zero attached hydrogens (tertiary/aromatic N) is 1. The summed E-state index contributed by atoms with van der Waals surface area (Å²) in [5.41, 5.74) is 5.21. The van der Waals surface area contributed by atoms with Crippen LogP contribution in [-0.4, -0.2) is 17.0 Å². The van der Waals surface area contributed by atoms with Gasteiger partial charge in [-0.3, -0.25) is 4.79 Å². The normalized spacial score (nSPS) is 14.9. The highest BCUT2D eigenvalue weighted by atomic mass is 79.9. The number of anilines is 1. The van der Waals surface area contributed by atoms with Crippen LogP contribution in [0.15, 0.2) is 33.9 Å². The summed E-state index contributed by atoms with van der Waals surface area (Å²) in [6, 6.07) is 7.18. The Labute approximate surface area is 114 Å². The summed E-state index contributed by atoms with van der Waals surface area (Å²) in [6.07, 6.45) is 0.436. The van der Waals surface area contributed by atoms with Crippen molar-refractivity contribution < 1.29 is 10.0 Å². The number of hydrogen-bond acceptors (Lipinski definition) is 3. The first-order valence-corrected chi connectivity index (χ1v) is 6.28. The Hall–Kier alpha value is -1.56. The van der Waals surface area contributed by atoms with Gasteiger partial charge in [0.15, 0.2) is 5.84 Å². The SMILES string of the molecule is CCC(C)(C(=O)Nc1ccc(Br)cc1)/C(N)=N/O. The maximum atomic E-state index is 12.2. The second-order valence-electron chi connectivity index (χ2n) is 4.13. The monoisotopic (exact) mass is 313 g/mol. The van der Waals surface area contributed by atoms with Gasteiger partial charge in [0, 0.05) is 10.2 Å². The smallest absolute Gasteiger partial charge is 0.238 e. The van der Waals surface area contributed by atoms with E-state index in [9.17, 15) is 4.79 Å². The van der Waals surface area contributed by atoms with E-state index in [1.165, 1.54) is 0 Å². The van der Waals surface area contributed by atoms with E-state index in [2.05, 4.69) is 26.4 Å². The highest BCUT2D eigenvalue weighted by Gasteiger charge is 2.36. The number of hydrogen-bond donors (Lipinski definition) is 3. The first-order chi connectivity index (χ1) is 8.43. The van der Waals surface area contributed by atoms with E-state index in [-0.39, 0.29) is 11.7 Å². The molecule has 0 fully saturated rings. The molecule has 0 saturated carbocycles. The number of oxime groups is 1. The minimum Gasteiger partial charge on any atom is -0.409 e. The Morgan fingerprint density at radius 1 is 1.50 bits per heavy atom. The first kappa shape index (κ1) is 14.5. The summed E-state index contributed by atoms with van der Waals surface area (Å²) in [5.74, 6) is -0.401. The van der Waals surface area contributed by atoms with Crippen LogP contribution in [0.2, 0.25) is 0 Å². The zero-order valence-electron chi connectivity index (χ0n) is 10.3. The zero-order chi connectivity index (χ0) is 13.8. The number of nitrogens with two attached hydrogens (primary N) is 1. The standard InChI is InChI=1S/C12H16BrN3O2/c1-3-12(2,10(14)16-18)11(17)15-9-6-4-8(13)5-7-9/h4-7,18H,3H2,1-2H3,(H2,14,16)(H,15,17). The third-order valence-corrected chi connectivity index (χ3v) is 3.51. The van der Waals surface area contributed by atoms with Gasteiger partial charge in [0.1, 0.15) is 5.41 Å². The van der Waals surface area contributed by atoms with Gasteiger partial charge in [0.25, 0.3) is 0 Å². The van der Waals surface area contributed by atoms with Crippen molar-refractivity contribution in [2.24, 2.45) is 16.3 Å². The summed E-state index contributed by atoms with van der Waals surface area (Å²) >= 11 is 3.31. The molecular weight excluding hydrogens is 298 g/mol. The largest absolute Gasteiger partial charge is 0.409 e. The molecule has 1 aromatic carbocycles. The predicted octanol–water partition coefficient (Wildman–Crippen LogP) is 2.55. The molecule has 1 rings (SSSR count). The lowest BCUT2D eigenvalue weighted by Crippen LogP contribution is -2.44. The van der Waals surface area contributed by atoms with Crippen LogP contribution in [0.4, 0.5) is 5.69 Å². The topological polar surface area (TPSA) is 87.7 Å². The van der Waals surface area contributed by atoms with Gasteiger partial charge in [-0.2, -0.15) is 0 Å². The number of benzene rings is 1. The van der Waals surface area contributed by atoms with Gasteiger partial charge in [-0.05, 0) is 37.6 Å². The Morgan fingerprint density at radius 2 is 2.06 bits per heavy atom. The zero-order valence-corrected chi connectivity index (χ0v) is 11.9. The molecule has 0 aliphatic heterocycles. The number of carbonyl (C=O) groups excluding carboxylic acids is 1. The predicted molar refractivity (Wildman–Crippen MR) is 74.6 cm³/mol. The van der Waals surface area contributed by atoms with Crippen LogP contribution in [0, 0.1) is 5.41 Å². The minimum atomic E-state index is -1.03. The molecule has 0 aromatic heterocycles. The third-order valence-electron chi connectivity index (χ3n) is 2.98. The quantitative estimate of drug-likeness (QED) is 0.345. The molecule has 98 valence electrons. The summed E-state index contributed by atoms with van der Waals surface area (Å²) in [5, 5.41) is 14.4. The number of carbonyl (C=O) groups is 1. The van der Waals surface area contributed by atoms with E-state index in [1.54, 1.807) is 26.0 Å². The maximum absolute atomic E-state index is 12.2. The van der Waals surface area contributed by atoms with E-state index in [4.69, 9.17) is 10.9 Å². The summed E-state index contributed by atoms with van der Waals surface area (Å²) in [4.78, 5) is 12.2. The van der Waals surface area contributed by atoms with Gasteiger partial charge >= 0.3 is 0 Å². The minimum absolute atomic E-state index is 0.0976. The maximum Gasteiger partial charge on any atom is 0.238 e. The lowest BCUT2D eigenvalue weighted by molar-refractivity contribution is -0.121. The molecular formula is C12H16BrN3O2. The Morgan fingerprint density at radius 3 is 2.50 bits per heavy atom. The van der Waals surface area contributed by atoms with E-state index in [1.807, 2.05) is 12.1 Å². The lowest BCUT2D eigenvalue weighted by Gasteiger charge is -2.25. The van der Waals surface area contributed by atoms with E-state index in [0.29, 0.717) is 12.1 Å². The Balaban J connectivity index is 2.90. The van der Waals surface area contributed by atoms with Crippen molar-refractivity contribution >= 4 is 33.4 Å². The average molecular weight is 314 g/mol. The summed E-state index contributed by atoms with van der Waals surface area (Å²) in [6.45, 7) is 3.44. The second kappa shape index (κ2) is 5.86. The molecule has 1 atom stereocenters. The molecule has 1 amide bonds. The Bertz CT molecular complexity index is 459. The number of rotatable bonds is 4. The van der Waals surface area contributed by atoms with Gasteiger partial charge in [-0.15, -0.1) is 0 Å². The first-order valence-electron chi connectivity index (χ1n) is 5.49. The highest BCUT2D eigenvalue weighted by molar-refractivity contribution is 9.10. The lowest BCUT2D eigenvalue weighted by atomic mass is 9.85. The van der Waals surface area contributed by atoms with Gasteiger partial charge in [-0.1, -0.05) is 28.0 Å². The van der Waals surface area contributed by atoms with Crippen LogP contribution in [0.25, 0.3) is 0 Å². The molecule has 6 heteroatoms. The van der Waals surface area contributed by atoms with Crippen LogP contribution in [-0.2, 0) is 4.79 Å². The van der Waals surface area contributed by atoms with Crippen LogP contribution in [0.1, 0.15) is 20.3 Å². The van der Waals surface area contributed by atoms with Gasteiger partial charge in [-0.25, -0.2) is 0 Å². The number of halogens is 1. The molecule has 4 N–H and O–H groups in total. The molecule has 0 saturated heterocycles. The van der Waals surface area contributed by atoms with Crippen molar-refractivity contribution in [3.63, 3.8) is 0 Å². The van der Waals surface area contributed by atoms with E-state index < -0.39 is 5.41 Å². The third kappa shape index (κ3) is 3.01.